The summed E-state index contributed by atoms with van der Waals surface area (Å²) >= 11 is 1.87. The maximum absolute atomic E-state index is 6.35. The van der Waals surface area contributed by atoms with Crippen LogP contribution in [-0.2, 0) is 0 Å². The molecule has 2 heterocycles. The van der Waals surface area contributed by atoms with Gasteiger partial charge in [0.15, 0.2) is 0 Å². The van der Waals surface area contributed by atoms with Crippen LogP contribution < -0.4 is 0 Å². The lowest BCUT2D eigenvalue weighted by Crippen LogP contribution is -1.92. The van der Waals surface area contributed by atoms with Crippen LogP contribution in [0.3, 0.4) is 0 Å². The van der Waals surface area contributed by atoms with Crippen molar-refractivity contribution in [2.75, 3.05) is 0 Å². The molecule has 0 N–H and O–H groups in total. The van der Waals surface area contributed by atoms with E-state index in [1.807, 2.05) is 11.3 Å². The fourth-order valence-corrected chi connectivity index (χ4v) is 9.24. The second-order valence-corrected chi connectivity index (χ2v) is 13.9. The van der Waals surface area contributed by atoms with Gasteiger partial charge in [0.2, 0.25) is 0 Å². The van der Waals surface area contributed by atoms with E-state index in [0.717, 1.165) is 11.2 Å². The molecule has 0 aliphatic carbocycles. The summed E-state index contributed by atoms with van der Waals surface area (Å²) in [5.41, 5.74) is 9.36. The van der Waals surface area contributed by atoms with Gasteiger partial charge in [-0.3, -0.25) is 0 Å². The second-order valence-electron chi connectivity index (χ2n) is 12.8. The van der Waals surface area contributed by atoms with E-state index >= 15 is 0 Å². The number of fused-ring (bicyclic) bond motifs is 5. The molecule has 1 nitrogen and oxygen atoms in total. The first-order valence-corrected chi connectivity index (χ1v) is 17.2. The van der Waals surface area contributed by atoms with Gasteiger partial charge in [0.1, 0.15) is 11.2 Å². The summed E-state index contributed by atoms with van der Waals surface area (Å²) in [6.07, 6.45) is 0. The molecule has 0 fully saturated rings. The lowest BCUT2D eigenvalue weighted by molar-refractivity contribution is 0.669. The molecular formula is C46H26OS. The largest absolute Gasteiger partial charge is 0.456 e. The van der Waals surface area contributed by atoms with Crippen LogP contribution in [-0.4, -0.2) is 0 Å². The van der Waals surface area contributed by atoms with E-state index in [1.165, 1.54) is 96.6 Å². The van der Waals surface area contributed by atoms with Crippen molar-refractivity contribution in [3.8, 4) is 33.4 Å². The Bertz CT molecular complexity index is 3010. The van der Waals surface area contributed by atoms with Gasteiger partial charge < -0.3 is 4.42 Å². The third-order valence-electron chi connectivity index (χ3n) is 10.2. The van der Waals surface area contributed by atoms with Crippen molar-refractivity contribution < 1.29 is 4.42 Å². The average molecular weight is 627 g/mol. The van der Waals surface area contributed by atoms with Gasteiger partial charge in [-0.25, -0.2) is 0 Å². The monoisotopic (exact) mass is 626 g/mol. The maximum atomic E-state index is 6.35. The highest BCUT2D eigenvalue weighted by Crippen LogP contribution is 2.48. The second kappa shape index (κ2) is 9.78. The summed E-state index contributed by atoms with van der Waals surface area (Å²) < 4.78 is 9.01. The third kappa shape index (κ3) is 3.61. The first-order valence-electron chi connectivity index (χ1n) is 16.4. The zero-order valence-corrected chi connectivity index (χ0v) is 26.6. The minimum atomic E-state index is 0.941. The molecule has 222 valence electrons. The Labute approximate surface area is 280 Å². The minimum Gasteiger partial charge on any atom is -0.456 e. The lowest BCUT2D eigenvalue weighted by atomic mass is 9.84. The molecule has 11 aromatic rings. The molecular weight excluding hydrogens is 601 g/mol. The summed E-state index contributed by atoms with van der Waals surface area (Å²) in [7, 11) is 0. The smallest absolute Gasteiger partial charge is 0.136 e. The molecule has 0 saturated carbocycles. The molecule has 0 atom stereocenters. The zero-order chi connectivity index (χ0) is 31.3. The molecule has 0 amide bonds. The molecule has 0 aliphatic rings. The fraction of sp³-hybridized carbons (Fsp3) is 0. The van der Waals surface area contributed by atoms with Crippen LogP contribution in [0.15, 0.2) is 162 Å². The van der Waals surface area contributed by atoms with Gasteiger partial charge in [-0.15, -0.1) is 11.3 Å². The highest BCUT2D eigenvalue weighted by molar-refractivity contribution is 7.25. The van der Waals surface area contributed by atoms with Crippen LogP contribution in [0.2, 0.25) is 0 Å². The normalized spacial score (nSPS) is 12.2. The number of benzene rings is 9. The van der Waals surface area contributed by atoms with Crippen molar-refractivity contribution in [1.29, 1.82) is 0 Å². The molecule has 11 rings (SSSR count). The quantitative estimate of drug-likeness (QED) is 0.140. The summed E-state index contributed by atoms with van der Waals surface area (Å²) in [6, 6.07) is 57.9. The highest BCUT2D eigenvalue weighted by atomic mass is 32.1. The number of furan rings is 1. The van der Waals surface area contributed by atoms with E-state index in [4.69, 9.17) is 4.42 Å². The SMILES string of the molecule is c1cc(-c2ccc3sc4ccccc4c3c2)cc(-c2c3ccccc3c(-c3ccc4oc5cccc6ccc3c4c65)c3ccccc23)c1. The highest BCUT2D eigenvalue weighted by Gasteiger charge is 2.21. The third-order valence-corrected chi connectivity index (χ3v) is 11.4. The molecule has 0 spiro atoms. The summed E-state index contributed by atoms with van der Waals surface area (Å²) in [4.78, 5) is 0. The van der Waals surface area contributed by atoms with Gasteiger partial charge in [0.05, 0.1) is 0 Å². The van der Waals surface area contributed by atoms with Crippen molar-refractivity contribution in [1.82, 2.24) is 0 Å². The van der Waals surface area contributed by atoms with E-state index in [-0.39, 0.29) is 0 Å². The van der Waals surface area contributed by atoms with Crippen molar-refractivity contribution in [3.63, 3.8) is 0 Å². The number of hydrogen-bond donors (Lipinski definition) is 0. The Hall–Kier alpha value is -5.96. The Morgan fingerprint density at radius 3 is 1.81 bits per heavy atom. The molecule has 0 radical (unpaired) electrons. The van der Waals surface area contributed by atoms with Crippen LogP contribution in [0, 0.1) is 0 Å². The van der Waals surface area contributed by atoms with Gasteiger partial charge in [-0.05, 0) is 108 Å². The van der Waals surface area contributed by atoms with Crippen molar-refractivity contribution in [3.05, 3.63) is 158 Å². The van der Waals surface area contributed by atoms with Gasteiger partial charge in [-0.1, -0.05) is 115 Å². The Morgan fingerprint density at radius 2 is 1.00 bits per heavy atom. The van der Waals surface area contributed by atoms with Gasteiger partial charge in [0.25, 0.3) is 0 Å². The first kappa shape index (κ1) is 26.1. The predicted molar refractivity (Wildman–Crippen MR) is 207 cm³/mol. The molecule has 0 unspecified atom stereocenters. The van der Waals surface area contributed by atoms with Gasteiger partial charge >= 0.3 is 0 Å². The molecule has 0 aliphatic heterocycles. The fourth-order valence-electron chi connectivity index (χ4n) is 8.15. The standard InChI is InChI=1S/C46H26OS/c1-3-15-34-32(13-1)43(30-11-7-10-28(25-30)29-20-24-42-38(26-29)31-12-5-6-18-41(31)48-42)33-14-2-4-16-35(33)45(34)36-22-23-40-46-37(36)21-19-27-9-8-17-39(47-40)44(27)46/h1-26H. The van der Waals surface area contributed by atoms with Crippen LogP contribution in [0.1, 0.15) is 0 Å². The topological polar surface area (TPSA) is 13.1 Å². The van der Waals surface area contributed by atoms with E-state index in [2.05, 4.69) is 158 Å². The first-order chi connectivity index (χ1) is 23.8. The van der Waals surface area contributed by atoms with Crippen molar-refractivity contribution in [2.24, 2.45) is 0 Å². The maximum Gasteiger partial charge on any atom is 0.136 e. The molecule has 0 saturated heterocycles. The Kier molecular flexibility index (Phi) is 5.32. The molecule has 0 bridgehead atoms. The average Bonchev–Trinajstić information content (AvgIpc) is 3.72. The van der Waals surface area contributed by atoms with Crippen molar-refractivity contribution >= 4 is 85.8 Å². The van der Waals surface area contributed by atoms with Crippen LogP contribution >= 0.6 is 11.3 Å². The van der Waals surface area contributed by atoms with Gasteiger partial charge in [-0.2, -0.15) is 0 Å². The predicted octanol–water partition coefficient (Wildman–Crippen LogP) is 13.9. The minimum absolute atomic E-state index is 0.941. The zero-order valence-electron chi connectivity index (χ0n) is 25.8. The molecule has 2 aromatic heterocycles. The summed E-state index contributed by atoms with van der Waals surface area (Å²) in [5.74, 6) is 0. The number of hydrogen-bond acceptors (Lipinski definition) is 2. The van der Waals surface area contributed by atoms with E-state index in [0.29, 0.717) is 0 Å². The Balaban J connectivity index is 1.17. The molecule has 2 heteroatoms. The van der Waals surface area contributed by atoms with Crippen molar-refractivity contribution in [2.45, 2.75) is 0 Å². The Morgan fingerprint density at radius 1 is 0.354 bits per heavy atom. The summed E-state index contributed by atoms with van der Waals surface area (Å²) in [5, 5.41) is 12.5. The molecule has 48 heavy (non-hydrogen) atoms. The van der Waals surface area contributed by atoms with Crippen LogP contribution in [0.4, 0.5) is 0 Å². The summed E-state index contributed by atoms with van der Waals surface area (Å²) in [6.45, 7) is 0. The van der Waals surface area contributed by atoms with Gasteiger partial charge in [0, 0.05) is 30.9 Å². The molecule has 9 aromatic carbocycles. The van der Waals surface area contributed by atoms with Crippen LogP contribution in [0.25, 0.3) is 108 Å². The van der Waals surface area contributed by atoms with E-state index < -0.39 is 0 Å². The van der Waals surface area contributed by atoms with E-state index in [1.54, 1.807) is 0 Å². The van der Waals surface area contributed by atoms with E-state index in [9.17, 15) is 0 Å². The number of thiophene rings is 1. The van der Waals surface area contributed by atoms with Crippen LogP contribution in [0.5, 0.6) is 0 Å². The number of rotatable bonds is 3. The lowest BCUT2D eigenvalue weighted by Gasteiger charge is -2.19.